The molecule has 0 fully saturated rings. The molecule has 0 atom stereocenters. The van der Waals surface area contributed by atoms with E-state index in [1.807, 2.05) is 43.3 Å². The average molecular weight is 368 g/mol. The van der Waals surface area contributed by atoms with E-state index in [9.17, 15) is 9.59 Å². The summed E-state index contributed by atoms with van der Waals surface area (Å²) < 4.78 is 10.6. The van der Waals surface area contributed by atoms with Crippen LogP contribution in [0.2, 0.25) is 0 Å². The number of nitrogens with one attached hydrogen (secondary N) is 2. The number of amides is 2. The number of rotatable bonds is 6. The minimum absolute atomic E-state index is 0.211. The normalized spacial score (nSPS) is 12.1. The zero-order valence-electron chi connectivity index (χ0n) is 15.8. The number of aryl methyl sites for hydroxylation is 1. The molecule has 6 heteroatoms. The topological polar surface area (TPSA) is 76.7 Å². The quantitative estimate of drug-likeness (QED) is 0.765. The van der Waals surface area contributed by atoms with E-state index in [1.165, 1.54) is 0 Å². The van der Waals surface area contributed by atoms with Crippen molar-refractivity contribution in [3.05, 3.63) is 53.1 Å². The van der Waals surface area contributed by atoms with Crippen molar-refractivity contribution in [2.75, 3.05) is 12.1 Å². The maximum atomic E-state index is 12.3. The van der Waals surface area contributed by atoms with Gasteiger partial charge < -0.3 is 20.1 Å². The molecule has 6 nitrogen and oxygen atoms in total. The van der Waals surface area contributed by atoms with E-state index in [1.54, 1.807) is 0 Å². The van der Waals surface area contributed by atoms with Gasteiger partial charge in [-0.15, -0.1) is 0 Å². The third-order valence-corrected chi connectivity index (χ3v) is 4.44. The number of carbonyl (C=O) groups excluding carboxylic acids is 2. The lowest BCUT2D eigenvalue weighted by molar-refractivity contribution is -0.126. The maximum Gasteiger partial charge on any atom is 0.233 e. The molecular formula is C21H24N2O4. The van der Waals surface area contributed by atoms with Crippen LogP contribution in [0.3, 0.4) is 0 Å². The van der Waals surface area contributed by atoms with Gasteiger partial charge in [-0.05, 0) is 41.7 Å². The van der Waals surface area contributed by atoms with Gasteiger partial charge in [0.1, 0.15) is 6.42 Å². The fourth-order valence-corrected chi connectivity index (χ4v) is 2.99. The summed E-state index contributed by atoms with van der Waals surface area (Å²) in [5.41, 5.74) is 3.72. The zero-order chi connectivity index (χ0) is 19.4. The van der Waals surface area contributed by atoms with E-state index in [0.717, 1.165) is 22.4 Å². The Labute approximate surface area is 158 Å². The number of anilines is 1. The van der Waals surface area contributed by atoms with Crippen molar-refractivity contribution in [2.45, 2.75) is 39.7 Å². The highest BCUT2D eigenvalue weighted by atomic mass is 16.7. The molecule has 3 rings (SSSR count). The Kier molecular flexibility index (Phi) is 5.64. The molecule has 2 aromatic rings. The van der Waals surface area contributed by atoms with Crippen molar-refractivity contribution < 1.29 is 19.1 Å². The van der Waals surface area contributed by atoms with Crippen molar-refractivity contribution in [2.24, 2.45) is 0 Å². The lowest BCUT2D eigenvalue weighted by atomic mass is 9.98. The lowest BCUT2D eigenvalue weighted by Gasteiger charge is -2.16. The number of benzene rings is 2. The second-order valence-electron chi connectivity index (χ2n) is 6.88. The van der Waals surface area contributed by atoms with Gasteiger partial charge in [0.2, 0.25) is 18.6 Å². The molecule has 2 amide bonds. The highest BCUT2D eigenvalue weighted by Gasteiger charge is 2.16. The predicted octanol–water partition coefficient (Wildman–Crippen LogP) is 3.49. The van der Waals surface area contributed by atoms with E-state index in [2.05, 4.69) is 24.5 Å². The summed E-state index contributed by atoms with van der Waals surface area (Å²) in [6.07, 6.45) is -0.226. The minimum Gasteiger partial charge on any atom is -0.454 e. The number of fused-ring (bicyclic) bond motifs is 1. The number of hydrogen-bond acceptors (Lipinski definition) is 4. The van der Waals surface area contributed by atoms with Crippen LogP contribution >= 0.6 is 0 Å². The second kappa shape index (κ2) is 8.12. The molecule has 27 heavy (non-hydrogen) atoms. The molecule has 2 aromatic carbocycles. The summed E-state index contributed by atoms with van der Waals surface area (Å²) in [5, 5.41) is 5.65. The predicted molar refractivity (Wildman–Crippen MR) is 103 cm³/mol. The van der Waals surface area contributed by atoms with Crippen molar-refractivity contribution in [1.29, 1.82) is 0 Å². The van der Waals surface area contributed by atoms with Crippen LogP contribution in [0, 0.1) is 6.92 Å². The van der Waals surface area contributed by atoms with Crippen LogP contribution in [0.5, 0.6) is 11.5 Å². The fraction of sp³-hybridized carbons (Fsp3) is 0.333. The molecule has 0 unspecified atom stereocenters. The van der Waals surface area contributed by atoms with Crippen LogP contribution in [0.25, 0.3) is 0 Å². The van der Waals surface area contributed by atoms with Crippen molar-refractivity contribution >= 4 is 17.5 Å². The number of hydrogen-bond donors (Lipinski definition) is 2. The average Bonchev–Trinajstić information content (AvgIpc) is 3.09. The van der Waals surface area contributed by atoms with Crippen LogP contribution in [-0.2, 0) is 16.1 Å². The molecule has 0 bridgehead atoms. The summed E-state index contributed by atoms with van der Waals surface area (Å²) in [6, 6.07) is 11.4. The third kappa shape index (κ3) is 4.58. The van der Waals surface area contributed by atoms with Gasteiger partial charge in [-0.25, -0.2) is 0 Å². The third-order valence-electron chi connectivity index (χ3n) is 4.44. The van der Waals surface area contributed by atoms with Gasteiger partial charge in [0.15, 0.2) is 11.5 Å². The van der Waals surface area contributed by atoms with Gasteiger partial charge in [0, 0.05) is 12.2 Å². The molecule has 0 saturated carbocycles. The largest absolute Gasteiger partial charge is 0.454 e. The summed E-state index contributed by atoms with van der Waals surface area (Å²) in [5.74, 6) is 0.989. The highest BCUT2D eigenvalue weighted by Crippen LogP contribution is 2.32. The standard InChI is InChI=1S/C21H24N2O4/c1-13(2)16-6-4-5-14(3)21(16)23-20(25)10-19(24)22-11-15-7-8-17-18(9-15)27-12-26-17/h4-9,13H,10-12H2,1-3H3,(H,22,24)(H,23,25). The van der Waals surface area contributed by atoms with Crippen molar-refractivity contribution in [3.63, 3.8) is 0 Å². The molecule has 1 aliphatic heterocycles. The Hall–Kier alpha value is -3.02. The Bertz CT molecular complexity index is 861. The van der Waals surface area contributed by atoms with Crippen LogP contribution in [0.4, 0.5) is 5.69 Å². The van der Waals surface area contributed by atoms with Gasteiger partial charge >= 0.3 is 0 Å². The van der Waals surface area contributed by atoms with Crippen molar-refractivity contribution in [1.82, 2.24) is 5.32 Å². The number of carbonyl (C=O) groups is 2. The second-order valence-corrected chi connectivity index (χ2v) is 6.88. The Morgan fingerprint density at radius 3 is 2.63 bits per heavy atom. The first-order chi connectivity index (χ1) is 12.9. The first kappa shape index (κ1) is 18.8. The first-order valence-corrected chi connectivity index (χ1v) is 8.98. The maximum absolute atomic E-state index is 12.3. The van der Waals surface area contributed by atoms with Gasteiger partial charge in [0.05, 0.1) is 0 Å². The molecule has 1 aliphatic rings. The number of para-hydroxylation sites is 1. The molecule has 0 aliphatic carbocycles. The first-order valence-electron chi connectivity index (χ1n) is 8.98. The smallest absolute Gasteiger partial charge is 0.233 e. The van der Waals surface area contributed by atoms with E-state index < -0.39 is 0 Å². The molecule has 0 radical (unpaired) electrons. The van der Waals surface area contributed by atoms with Crippen LogP contribution in [-0.4, -0.2) is 18.6 Å². The Morgan fingerprint density at radius 2 is 1.85 bits per heavy atom. The molecular weight excluding hydrogens is 344 g/mol. The molecule has 1 heterocycles. The van der Waals surface area contributed by atoms with Crippen LogP contribution in [0.1, 0.15) is 42.9 Å². The van der Waals surface area contributed by atoms with E-state index in [4.69, 9.17) is 9.47 Å². The minimum atomic E-state index is -0.329. The Morgan fingerprint density at radius 1 is 1.07 bits per heavy atom. The molecule has 0 spiro atoms. The lowest BCUT2D eigenvalue weighted by Crippen LogP contribution is -2.28. The zero-order valence-corrected chi connectivity index (χ0v) is 15.8. The monoisotopic (exact) mass is 368 g/mol. The molecule has 142 valence electrons. The summed E-state index contributed by atoms with van der Waals surface area (Å²) in [6.45, 7) is 6.62. The molecule has 2 N–H and O–H groups in total. The highest BCUT2D eigenvalue weighted by molar-refractivity contribution is 6.04. The fourth-order valence-electron chi connectivity index (χ4n) is 2.99. The van der Waals surface area contributed by atoms with Crippen molar-refractivity contribution in [3.8, 4) is 11.5 Å². The summed E-state index contributed by atoms with van der Waals surface area (Å²) >= 11 is 0. The van der Waals surface area contributed by atoms with Gasteiger partial charge in [-0.3, -0.25) is 9.59 Å². The van der Waals surface area contributed by atoms with E-state index >= 15 is 0 Å². The Balaban J connectivity index is 1.55. The molecule has 0 saturated heterocycles. The van der Waals surface area contributed by atoms with Crippen LogP contribution in [0.15, 0.2) is 36.4 Å². The SMILES string of the molecule is Cc1cccc(C(C)C)c1NC(=O)CC(=O)NCc1ccc2c(c1)OCO2. The summed E-state index contributed by atoms with van der Waals surface area (Å²) in [7, 11) is 0. The molecule has 0 aromatic heterocycles. The van der Waals surface area contributed by atoms with Gasteiger partial charge in [-0.1, -0.05) is 38.1 Å². The summed E-state index contributed by atoms with van der Waals surface area (Å²) in [4.78, 5) is 24.4. The van der Waals surface area contributed by atoms with E-state index in [0.29, 0.717) is 18.0 Å². The van der Waals surface area contributed by atoms with Crippen LogP contribution < -0.4 is 20.1 Å². The van der Waals surface area contributed by atoms with Gasteiger partial charge in [0.25, 0.3) is 0 Å². The van der Waals surface area contributed by atoms with E-state index in [-0.39, 0.29) is 30.9 Å². The number of ether oxygens (including phenoxy) is 2. The van der Waals surface area contributed by atoms with Gasteiger partial charge in [-0.2, -0.15) is 0 Å².